The van der Waals surface area contributed by atoms with Crippen LogP contribution in [0.4, 0.5) is 0 Å². The van der Waals surface area contributed by atoms with Gasteiger partial charge in [0, 0.05) is 26.2 Å². The minimum atomic E-state index is -3.56. The fourth-order valence-corrected chi connectivity index (χ4v) is 5.49. The summed E-state index contributed by atoms with van der Waals surface area (Å²) in [5.74, 6) is -1.48. The second-order valence-corrected chi connectivity index (χ2v) is 9.97. The number of ether oxygens (including phenoxy) is 2. The van der Waals surface area contributed by atoms with Gasteiger partial charge in [-0.2, -0.15) is 4.31 Å². The zero-order valence-corrected chi connectivity index (χ0v) is 19.3. The first-order chi connectivity index (χ1) is 15.2. The largest absolute Gasteiger partial charge is 0.466 e. The molecule has 1 aromatic rings. The maximum absolute atomic E-state index is 12.6. The molecule has 3 rings (SSSR count). The van der Waals surface area contributed by atoms with Crippen molar-refractivity contribution < 1.29 is 32.3 Å². The Kier molecular flexibility index (Phi) is 7.89. The van der Waals surface area contributed by atoms with Gasteiger partial charge in [0.2, 0.25) is 10.0 Å². The molecule has 2 heterocycles. The van der Waals surface area contributed by atoms with Crippen molar-refractivity contribution in [1.29, 1.82) is 0 Å². The highest BCUT2D eigenvalue weighted by Gasteiger charge is 2.32. The Morgan fingerprint density at radius 1 is 1.03 bits per heavy atom. The van der Waals surface area contributed by atoms with Crippen molar-refractivity contribution in [2.45, 2.75) is 50.5 Å². The van der Waals surface area contributed by atoms with Gasteiger partial charge in [0.15, 0.2) is 6.10 Å². The third kappa shape index (κ3) is 5.47. The number of piperidine rings is 1. The molecule has 2 fully saturated rings. The molecule has 1 aromatic carbocycles. The highest BCUT2D eigenvalue weighted by atomic mass is 32.2. The average molecular weight is 467 g/mol. The lowest BCUT2D eigenvalue weighted by Crippen LogP contribution is -2.45. The Labute approximate surface area is 188 Å². The van der Waals surface area contributed by atoms with Crippen LogP contribution in [0.1, 0.15) is 49.9 Å². The first-order valence-corrected chi connectivity index (χ1v) is 12.4. The van der Waals surface area contributed by atoms with Crippen LogP contribution in [0.2, 0.25) is 0 Å². The average Bonchev–Trinajstić information content (AvgIpc) is 3.35. The fourth-order valence-electron chi connectivity index (χ4n) is 3.97. The van der Waals surface area contributed by atoms with Crippen molar-refractivity contribution in [2.24, 2.45) is 5.92 Å². The minimum absolute atomic E-state index is 0.129. The molecule has 0 radical (unpaired) electrons. The van der Waals surface area contributed by atoms with Gasteiger partial charge in [-0.3, -0.25) is 9.59 Å². The SMILES string of the molecule is CCOC(=O)C1CCN(C(=O)C(C)OC(=O)c2ccc(S(=O)(=O)N3CCCC3)cc2)CC1. The number of hydrogen-bond donors (Lipinski definition) is 0. The molecular weight excluding hydrogens is 436 g/mol. The van der Waals surface area contributed by atoms with Crippen molar-refractivity contribution in [3.63, 3.8) is 0 Å². The van der Waals surface area contributed by atoms with Crippen LogP contribution in [0, 0.1) is 5.92 Å². The number of carbonyl (C=O) groups excluding carboxylic acids is 3. The molecule has 9 nitrogen and oxygen atoms in total. The molecule has 1 unspecified atom stereocenters. The van der Waals surface area contributed by atoms with E-state index < -0.39 is 22.1 Å². The normalized spacial score (nSPS) is 18.9. The Balaban J connectivity index is 1.54. The summed E-state index contributed by atoms with van der Waals surface area (Å²) in [6, 6.07) is 5.56. The summed E-state index contributed by atoms with van der Waals surface area (Å²) in [7, 11) is -3.56. The van der Waals surface area contributed by atoms with Crippen LogP contribution in [0.25, 0.3) is 0 Å². The number of esters is 2. The number of hydrogen-bond acceptors (Lipinski definition) is 7. The molecule has 176 valence electrons. The predicted molar refractivity (Wildman–Crippen MR) is 115 cm³/mol. The third-order valence-electron chi connectivity index (χ3n) is 5.85. The number of sulfonamides is 1. The summed E-state index contributed by atoms with van der Waals surface area (Å²) in [6.07, 6.45) is 1.72. The summed E-state index contributed by atoms with van der Waals surface area (Å²) in [6.45, 7) is 5.39. The number of amides is 1. The lowest BCUT2D eigenvalue weighted by molar-refractivity contribution is -0.152. The lowest BCUT2D eigenvalue weighted by Gasteiger charge is -2.32. The Bertz CT molecular complexity index is 932. The van der Waals surface area contributed by atoms with Gasteiger partial charge in [-0.25, -0.2) is 13.2 Å². The van der Waals surface area contributed by atoms with Crippen LogP contribution < -0.4 is 0 Å². The van der Waals surface area contributed by atoms with E-state index in [9.17, 15) is 22.8 Å². The van der Waals surface area contributed by atoms with Crippen molar-refractivity contribution >= 4 is 27.9 Å². The highest BCUT2D eigenvalue weighted by Crippen LogP contribution is 2.22. The molecule has 0 saturated carbocycles. The van der Waals surface area contributed by atoms with Crippen molar-refractivity contribution in [2.75, 3.05) is 32.8 Å². The zero-order chi connectivity index (χ0) is 23.3. The molecule has 0 spiro atoms. The van der Waals surface area contributed by atoms with Gasteiger partial charge in [0.05, 0.1) is 23.0 Å². The van der Waals surface area contributed by atoms with Crippen LogP contribution >= 0.6 is 0 Å². The van der Waals surface area contributed by atoms with Gasteiger partial charge in [-0.1, -0.05) is 0 Å². The first kappa shape index (κ1) is 24.2. The molecule has 0 N–H and O–H groups in total. The molecule has 1 atom stereocenters. The molecule has 2 aliphatic rings. The van der Waals surface area contributed by atoms with Gasteiger partial charge in [0.25, 0.3) is 5.91 Å². The first-order valence-electron chi connectivity index (χ1n) is 11.0. The van der Waals surface area contributed by atoms with E-state index in [1.807, 2.05) is 0 Å². The second kappa shape index (κ2) is 10.4. The Morgan fingerprint density at radius 3 is 2.19 bits per heavy atom. The molecule has 0 aromatic heterocycles. The summed E-state index contributed by atoms with van der Waals surface area (Å²) in [5, 5.41) is 0. The second-order valence-electron chi connectivity index (χ2n) is 8.03. The van der Waals surface area contributed by atoms with Gasteiger partial charge < -0.3 is 14.4 Å². The number of rotatable bonds is 7. The van der Waals surface area contributed by atoms with E-state index in [1.165, 1.54) is 35.5 Å². The van der Waals surface area contributed by atoms with E-state index in [4.69, 9.17) is 9.47 Å². The molecule has 0 aliphatic carbocycles. The van der Waals surface area contributed by atoms with Crippen LogP contribution in [-0.2, 0) is 29.1 Å². The van der Waals surface area contributed by atoms with Crippen molar-refractivity contribution in [1.82, 2.24) is 9.21 Å². The van der Waals surface area contributed by atoms with Gasteiger partial charge in [-0.05, 0) is 63.8 Å². The van der Waals surface area contributed by atoms with Crippen LogP contribution in [0.3, 0.4) is 0 Å². The molecule has 2 saturated heterocycles. The monoisotopic (exact) mass is 466 g/mol. The van der Waals surface area contributed by atoms with Crippen LogP contribution in [-0.4, -0.2) is 74.4 Å². The van der Waals surface area contributed by atoms with Gasteiger partial charge in [0.1, 0.15) is 0 Å². The quantitative estimate of drug-likeness (QED) is 0.564. The van der Waals surface area contributed by atoms with Gasteiger partial charge >= 0.3 is 11.9 Å². The minimum Gasteiger partial charge on any atom is -0.466 e. The van der Waals surface area contributed by atoms with E-state index in [2.05, 4.69) is 0 Å². The Morgan fingerprint density at radius 2 is 1.62 bits per heavy atom. The van der Waals surface area contributed by atoms with Crippen molar-refractivity contribution in [3.8, 4) is 0 Å². The summed E-state index contributed by atoms with van der Waals surface area (Å²) < 4.78 is 37.0. The topological polar surface area (TPSA) is 110 Å². The fraction of sp³-hybridized carbons (Fsp3) is 0.591. The summed E-state index contributed by atoms with van der Waals surface area (Å²) >= 11 is 0. The molecule has 1 amide bonds. The van der Waals surface area contributed by atoms with E-state index >= 15 is 0 Å². The maximum atomic E-state index is 12.6. The van der Waals surface area contributed by atoms with E-state index in [1.54, 1.807) is 11.8 Å². The molecule has 10 heteroatoms. The Hall–Kier alpha value is -2.46. The number of carbonyl (C=O) groups is 3. The van der Waals surface area contributed by atoms with E-state index in [0.717, 1.165) is 12.8 Å². The number of likely N-dealkylation sites (tertiary alicyclic amines) is 1. The van der Waals surface area contributed by atoms with E-state index in [0.29, 0.717) is 45.6 Å². The van der Waals surface area contributed by atoms with Gasteiger partial charge in [-0.15, -0.1) is 0 Å². The number of nitrogens with zero attached hydrogens (tertiary/aromatic N) is 2. The summed E-state index contributed by atoms with van der Waals surface area (Å²) in [4.78, 5) is 38.7. The number of benzene rings is 1. The standard InChI is InChI=1S/C22H30N2O7S/c1-3-30-21(26)18-10-14-23(15-11-18)20(25)16(2)31-22(27)17-6-8-19(9-7-17)32(28,29)24-12-4-5-13-24/h6-9,16,18H,3-5,10-15H2,1-2H3. The van der Waals surface area contributed by atoms with E-state index in [-0.39, 0.29) is 28.3 Å². The van der Waals surface area contributed by atoms with Crippen molar-refractivity contribution in [3.05, 3.63) is 29.8 Å². The molecular formula is C22H30N2O7S. The zero-order valence-electron chi connectivity index (χ0n) is 18.5. The molecule has 2 aliphatic heterocycles. The van der Waals surface area contributed by atoms with Crippen LogP contribution in [0.15, 0.2) is 29.2 Å². The highest BCUT2D eigenvalue weighted by molar-refractivity contribution is 7.89. The third-order valence-corrected chi connectivity index (χ3v) is 7.76. The lowest BCUT2D eigenvalue weighted by atomic mass is 9.97. The maximum Gasteiger partial charge on any atom is 0.338 e. The summed E-state index contributed by atoms with van der Waals surface area (Å²) in [5.41, 5.74) is 0.172. The molecule has 0 bridgehead atoms. The predicted octanol–water partition coefficient (Wildman–Crippen LogP) is 1.82. The smallest absolute Gasteiger partial charge is 0.338 e. The van der Waals surface area contributed by atoms with Crippen LogP contribution in [0.5, 0.6) is 0 Å². The molecule has 32 heavy (non-hydrogen) atoms.